The Balaban J connectivity index is 1.40. The van der Waals surface area contributed by atoms with Gasteiger partial charge in [-0.05, 0) is 73.6 Å². The summed E-state index contributed by atoms with van der Waals surface area (Å²) in [5.41, 5.74) is 4.34. The lowest BCUT2D eigenvalue weighted by atomic mass is 9.90. The first-order chi connectivity index (χ1) is 17.2. The average Bonchev–Trinajstić information content (AvgIpc) is 2.87. The zero-order valence-electron chi connectivity index (χ0n) is 20.9. The highest BCUT2D eigenvalue weighted by atomic mass is 32.2. The molecule has 0 atom stereocenters. The zero-order valence-corrected chi connectivity index (χ0v) is 21.7. The van der Waals surface area contributed by atoms with Crippen molar-refractivity contribution in [2.24, 2.45) is 0 Å². The lowest BCUT2D eigenvalue weighted by Crippen LogP contribution is -2.44. The van der Waals surface area contributed by atoms with Crippen LogP contribution in [0.15, 0.2) is 48.7 Å². The molecule has 0 aliphatic carbocycles. The average molecular weight is 507 g/mol. The molecule has 2 heterocycles. The maximum atomic E-state index is 12.3. The number of benzene rings is 2. The van der Waals surface area contributed by atoms with E-state index in [0.717, 1.165) is 29.7 Å². The van der Waals surface area contributed by atoms with Crippen LogP contribution in [0.2, 0.25) is 0 Å². The summed E-state index contributed by atoms with van der Waals surface area (Å²) in [4.78, 5) is 8.76. The lowest BCUT2D eigenvalue weighted by molar-refractivity contribution is 0.302. The van der Waals surface area contributed by atoms with E-state index in [9.17, 15) is 8.42 Å². The summed E-state index contributed by atoms with van der Waals surface area (Å²) >= 11 is 0. The number of aromatic nitrogens is 2. The van der Waals surface area contributed by atoms with E-state index in [0.29, 0.717) is 42.1 Å². The molecule has 0 amide bonds. The van der Waals surface area contributed by atoms with Crippen LogP contribution in [0, 0.1) is 25.2 Å². The van der Waals surface area contributed by atoms with E-state index in [1.165, 1.54) is 9.87 Å². The molecule has 1 aliphatic rings. The highest BCUT2D eigenvalue weighted by Gasteiger charge is 2.30. The van der Waals surface area contributed by atoms with Crippen molar-refractivity contribution in [3.63, 3.8) is 0 Å². The topological polar surface area (TPSA) is 111 Å². The highest BCUT2D eigenvalue weighted by molar-refractivity contribution is 7.86. The largest absolute Gasteiger partial charge is 0.438 e. The fourth-order valence-corrected chi connectivity index (χ4v) is 5.49. The summed E-state index contributed by atoms with van der Waals surface area (Å²) in [6, 6.07) is 15.5. The Morgan fingerprint density at radius 2 is 1.72 bits per heavy atom. The minimum atomic E-state index is -3.36. The third kappa shape index (κ3) is 5.65. The van der Waals surface area contributed by atoms with Crippen molar-refractivity contribution in [3.8, 4) is 17.7 Å². The van der Waals surface area contributed by atoms with Crippen LogP contribution in [0.3, 0.4) is 0 Å². The summed E-state index contributed by atoms with van der Waals surface area (Å²) in [6.07, 6.45) is 3.20. The van der Waals surface area contributed by atoms with Crippen molar-refractivity contribution < 1.29 is 13.2 Å². The summed E-state index contributed by atoms with van der Waals surface area (Å²) in [7, 11) is -0.232. The number of piperidine rings is 1. The molecule has 1 fully saturated rings. The fourth-order valence-electron chi connectivity index (χ4n) is 4.36. The third-order valence-corrected chi connectivity index (χ3v) is 8.25. The second-order valence-electron chi connectivity index (χ2n) is 9.08. The van der Waals surface area contributed by atoms with Crippen molar-refractivity contribution in [3.05, 3.63) is 70.9 Å². The maximum absolute atomic E-state index is 12.3. The second-order valence-corrected chi connectivity index (χ2v) is 11.2. The van der Waals surface area contributed by atoms with Gasteiger partial charge in [0.2, 0.25) is 11.8 Å². The highest BCUT2D eigenvalue weighted by Crippen LogP contribution is 2.31. The van der Waals surface area contributed by atoms with Crippen LogP contribution in [-0.2, 0) is 10.2 Å². The van der Waals surface area contributed by atoms with Crippen LogP contribution in [0.1, 0.15) is 41.0 Å². The van der Waals surface area contributed by atoms with Gasteiger partial charge in [-0.2, -0.15) is 27.3 Å². The Morgan fingerprint density at radius 3 is 2.31 bits per heavy atom. The fraction of sp³-hybridized carbons (Fsp3) is 0.346. The molecular weight excluding hydrogens is 476 g/mol. The minimum Gasteiger partial charge on any atom is -0.438 e. The summed E-state index contributed by atoms with van der Waals surface area (Å²) in [5.74, 6) is 1.80. The van der Waals surface area contributed by atoms with E-state index in [2.05, 4.69) is 33.5 Å². The molecule has 4 rings (SSSR count). The van der Waals surface area contributed by atoms with Gasteiger partial charge < -0.3 is 10.1 Å². The molecule has 1 aliphatic heterocycles. The molecule has 0 unspecified atom stereocenters. The minimum absolute atomic E-state index is 0.319. The van der Waals surface area contributed by atoms with E-state index < -0.39 is 10.2 Å². The van der Waals surface area contributed by atoms with Gasteiger partial charge in [-0.15, -0.1) is 0 Å². The van der Waals surface area contributed by atoms with Crippen molar-refractivity contribution in [1.29, 1.82) is 5.26 Å². The number of hydrogen-bond acceptors (Lipinski definition) is 7. The van der Waals surface area contributed by atoms with Crippen LogP contribution < -0.4 is 10.1 Å². The van der Waals surface area contributed by atoms with E-state index in [-0.39, 0.29) is 0 Å². The molecule has 10 heteroatoms. The van der Waals surface area contributed by atoms with Crippen LogP contribution in [0.25, 0.3) is 0 Å². The Kier molecular flexibility index (Phi) is 7.54. The Bertz CT molecular complexity index is 1350. The van der Waals surface area contributed by atoms with Crippen molar-refractivity contribution in [1.82, 2.24) is 18.6 Å². The molecule has 1 aromatic heterocycles. The van der Waals surface area contributed by atoms with Crippen molar-refractivity contribution >= 4 is 21.8 Å². The van der Waals surface area contributed by atoms with Crippen LogP contribution in [-0.4, -0.2) is 54.2 Å². The second kappa shape index (κ2) is 10.6. The Morgan fingerprint density at radius 1 is 1.08 bits per heavy atom. The van der Waals surface area contributed by atoms with Gasteiger partial charge in [-0.1, -0.05) is 12.1 Å². The summed E-state index contributed by atoms with van der Waals surface area (Å²) < 4.78 is 33.5. The number of rotatable bonds is 7. The van der Waals surface area contributed by atoms with E-state index in [1.807, 2.05) is 26.0 Å². The molecule has 188 valence electrons. The lowest BCUT2D eigenvalue weighted by Gasteiger charge is -2.33. The molecule has 3 aromatic rings. The number of hydrogen-bond donors (Lipinski definition) is 1. The van der Waals surface area contributed by atoms with Crippen molar-refractivity contribution in [2.75, 3.05) is 32.5 Å². The molecule has 0 radical (unpaired) electrons. The molecular formula is C26H30N6O3S. The number of ether oxygens (including phenoxy) is 1. The van der Waals surface area contributed by atoms with Gasteiger partial charge in [0.05, 0.1) is 11.6 Å². The SMILES string of the molecule is Cc1cc(C#N)cc(C)c1Oc1ccnc(Nc2ccc(C3CCN(S(=O)(=O)N(C)C)CC3)cc2)n1. The molecule has 1 N–H and O–H groups in total. The predicted octanol–water partition coefficient (Wildman–Crippen LogP) is 4.49. The van der Waals surface area contributed by atoms with Gasteiger partial charge in [0, 0.05) is 45.1 Å². The first-order valence-corrected chi connectivity index (χ1v) is 13.1. The number of anilines is 2. The molecule has 2 aromatic carbocycles. The first kappa shape index (κ1) is 25.6. The number of nitriles is 1. The number of aryl methyl sites for hydroxylation is 2. The molecule has 9 nitrogen and oxygen atoms in total. The quantitative estimate of drug-likeness (QED) is 0.503. The van der Waals surface area contributed by atoms with Gasteiger partial charge in [-0.25, -0.2) is 4.98 Å². The first-order valence-electron chi connectivity index (χ1n) is 11.7. The predicted molar refractivity (Wildman–Crippen MR) is 139 cm³/mol. The number of nitrogens with one attached hydrogen (secondary N) is 1. The standard InChI is InChI=1S/C26H30N6O3S/c1-18-15-20(17-27)16-19(2)25(18)35-24-9-12-28-26(30-24)29-23-7-5-21(6-8-23)22-10-13-32(14-11-22)36(33,34)31(3)4/h5-9,12,15-16,22H,10-11,13-14H2,1-4H3,(H,28,29,30). The Hall–Kier alpha value is -3.52. The van der Waals surface area contributed by atoms with Gasteiger partial charge in [0.15, 0.2) is 0 Å². The smallest absolute Gasteiger partial charge is 0.281 e. The normalized spacial score (nSPS) is 15.0. The van der Waals surface area contributed by atoms with Gasteiger partial charge >= 0.3 is 0 Å². The molecule has 36 heavy (non-hydrogen) atoms. The van der Waals surface area contributed by atoms with Crippen molar-refractivity contribution in [2.45, 2.75) is 32.6 Å². The number of nitrogens with zero attached hydrogens (tertiary/aromatic N) is 5. The van der Waals surface area contributed by atoms with E-state index in [4.69, 9.17) is 10.00 Å². The Labute approximate surface area is 212 Å². The van der Waals surface area contributed by atoms with Crippen LogP contribution in [0.5, 0.6) is 11.6 Å². The monoisotopic (exact) mass is 506 g/mol. The third-order valence-electron chi connectivity index (χ3n) is 6.31. The van der Waals surface area contributed by atoms with Gasteiger partial charge in [0.25, 0.3) is 10.2 Å². The molecule has 0 saturated carbocycles. The molecule has 0 spiro atoms. The summed E-state index contributed by atoms with van der Waals surface area (Å²) in [5, 5.41) is 12.4. The van der Waals surface area contributed by atoms with Gasteiger partial charge in [0.1, 0.15) is 5.75 Å². The zero-order chi connectivity index (χ0) is 25.9. The maximum Gasteiger partial charge on any atom is 0.281 e. The van der Waals surface area contributed by atoms with Crippen LogP contribution >= 0.6 is 0 Å². The molecule has 0 bridgehead atoms. The van der Waals surface area contributed by atoms with Gasteiger partial charge in [-0.3, -0.25) is 0 Å². The summed E-state index contributed by atoms with van der Waals surface area (Å²) in [6.45, 7) is 4.83. The van der Waals surface area contributed by atoms with Crippen LogP contribution in [0.4, 0.5) is 11.6 Å². The van der Waals surface area contributed by atoms with E-state index >= 15 is 0 Å². The molecule has 1 saturated heterocycles. The van der Waals surface area contributed by atoms with E-state index in [1.54, 1.807) is 42.8 Å².